The Balaban J connectivity index is 2.58. The number of rotatable bonds is 5. The lowest BCUT2D eigenvalue weighted by Crippen LogP contribution is -2.21. The molecular weight excluding hydrogens is 218 g/mol. The van der Waals surface area contributed by atoms with Gasteiger partial charge in [-0.05, 0) is 6.42 Å². The van der Waals surface area contributed by atoms with Gasteiger partial charge in [-0.1, -0.05) is 24.9 Å². The van der Waals surface area contributed by atoms with E-state index in [1.54, 1.807) is 0 Å². The molecule has 0 aliphatic heterocycles. The molecule has 0 aromatic carbocycles. The molecule has 0 spiro atoms. The first-order valence-corrected chi connectivity index (χ1v) is 5.18. The van der Waals surface area contributed by atoms with E-state index in [9.17, 15) is 9.90 Å². The molecule has 84 valence electrons. The third-order valence-corrected chi connectivity index (χ3v) is 2.32. The number of aromatic nitrogens is 2. The molecule has 0 aliphatic rings. The Hall–Kier alpha value is -1.07. The van der Waals surface area contributed by atoms with Gasteiger partial charge in [0.15, 0.2) is 0 Å². The van der Waals surface area contributed by atoms with Gasteiger partial charge in [0, 0.05) is 6.54 Å². The topological polar surface area (TPSA) is 78.0 Å². The fourth-order valence-corrected chi connectivity index (χ4v) is 1.33. The first kappa shape index (κ1) is 12.0. The number of halogens is 1. The van der Waals surface area contributed by atoms with Gasteiger partial charge in [0.1, 0.15) is 5.02 Å². The summed E-state index contributed by atoms with van der Waals surface area (Å²) >= 11 is 5.73. The van der Waals surface area contributed by atoms with E-state index in [-0.39, 0.29) is 5.02 Å². The Kier molecular flexibility index (Phi) is 4.58. The van der Waals surface area contributed by atoms with Crippen LogP contribution in [-0.4, -0.2) is 28.0 Å². The average Bonchev–Trinajstić information content (AvgIpc) is 2.21. The molecule has 1 atom stereocenters. The summed E-state index contributed by atoms with van der Waals surface area (Å²) in [6, 6.07) is 0. The summed E-state index contributed by atoms with van der Waals surface area (Å²) in [5, 5.41) is 18.2. The van der Waals surface area contributed by atoms with Crippen molar-refractivity contribution in [2.45, 2.75) is 25.9 Å². The van der Waals surface area contributed by atoms with E-state index in [0.29, 0.717) is 18.7 Å². The van der Waals surface area contributed by atoms with Crippen molar-refractivity contribution < 1.29 is 5.11 Å². The number of anilines is 1. The van der Waals surface area contributed by atoms with Gasteiger partial charge in [-0.3, -0.25) is 4.79 Å². The van der Waals surface area contributed by atoms with Crippen LogP contribution in [0.5, 0.6) is 0 Å². The first-order valence-electron chi connectivity index (χ1n) is 4.80. The Morgan fingerprint density at radius 1 is 1.73 bits per heavy atom. The highest BCUT2D eigenvalue weighted by atomic mass is 35.5. The van der Waals surface area contributed by atoms with Gasteiger partial charge in [0.25, 0.3) is 5.56 Å². The van der Waals surface area contributed by atoms with Crippen LogP contribution in [0.3, 0.4) is 0 Å². The molecule has 0 saturated carbocycles. The van der Waals surface area contributed by atoms with Crippen molar-refractivity contribution in [3.05, 3.63) is 21.6 Å². The first-order chi connectivity index (χ1) is 7.15. The minimum atomic E-state index is -0.439. The van der Waals surface area contributed by atoms with Crippen molar-refractivity contribution in [2.75, 3.05) is 11.9 Å². The summed E-state index contributed by atoms with van der Waals surface area (Å²) in [6.07, 6.45) is 2.60. The molecule has 0 bridgehead atoms. The van der Waals surface area contributed by atoms with Crippen molar-refractivity contribution in [1.29, 1.82) is 0 Å². The Labute approximate surface area is 92.5 Å². The van der Waals surface area contributed by atoms with Crippen LogP contribution in [-0.2, 0) is 0 Å². The van der Waals surface area contributed by atoms with Crippen LogP contribution in [0.1, 0.15) is 19.8 Å². The number of nitrogens with zero attached hydrogens (tertiary/aromatic N) is 1. The van der Waals surface area contributed by atoms with Crippen LogP contribution in [0.25, 0.3) is 0 Å². The lowest BCUT2D eigenvalue weighted by Gasteiger charge is -2.11. The minimum Gasteiger partial charge on any atom is -0.391 e. The number of hydrogen-bond donors (Lipinski definition) is 3. The molecule has 1 heterocycles. The molecule has 5 nitrogen and oxygen atoms in total. The van der Waals surface area contributed by atoms with E-state index >= 15 is 0 Å². The molecule has 0 aliphatic carbocycles. The predicted molar refractivity (Wildman–Crippen MR) is 59.3 cm³/mol. The van der Waals surface area contributed by atoms with Crippen molar-refractivity contribution >= 4 is 17.3 Å². The summed E-state index contributed by atoms with van der Waals surface area (Å²) in [5.74, 6) is 0. The number of aliphatic hydroxyl groups excluding tert-OH is 1. The SMILES string of the molecule is CCCC(O)CNc1cn[nH]c(=O)c1Cl. The number of nitrogens with one attached hydrogen (secondary N) is 2. The molecule has 0 amide bonds. The molecule has 6 heteroatoms. The molecule has 3 N–H and O–H groups in total. The Bertz CT molecular complexity index is 367. The van der Waals surface area contributed by atoms with E-state index in [0.717, 1.165) is 6.42 Å². The quantitative estimate of drug-likeness (QED) is 0.707. The van der Waals surface area contributed by atoms with E-state index in [1.165, 1.54) is 6.20 Å². The van der Waals surface area contributed by atoms with Crippen LogP contribution in [0.2, 0.25) is 5.02 Å². The average molecular weight is 232 g/mol. The largest absolute Gasteiger partial charge is 0.391 e. The summed E-state index contributed by atoms with van der Waals surface area (Å²) in [6.45, 7) is 2.35. The number of aliphatic hydroxyl groups is 1. The normalized spacial score (nSPS) is 12.5. The summed E-state index contributed by atoms with van der Waals surface area (Å²) in [5.41, 5.74) is 0.00205. The smallest absolute Gasteiger partial charge is 0.285 e. The minimum absolute atomic E-state index is 0.0636. The predicted octanol–water partition coefficient (Wildman–Crippen LogP) is 0.996. The Morgan fingerprint density at radius 2 is 2.47 bits per heavy atom. The fourth-order valence-electron chi connectivity index (χ4n) is 1.17. The van der Waals surface area contributed by atoms with E-state index in [4.69, 9.17) is 11.6 Å². The third kappa shape index (κ3) is 3.53. The van der Waals surface area contributed by atoms with Gasteiger partial charge in [-0.2, -0.15) is 5.10 Å². The molecule has 1 rings (SSSR count). The third-order valence-electron chi connectivity index (χ3n) is 1.95. The maximum absolute atomic E-state index is 11.1. The van der Waals surface area contributed by atoms with Gasteiger partial charge in [-0.15, -0.1) is 0 Å². The Morgan fingerprint density at radius 3 is 3.13 bits per heavy atom. The lowest BCUT2D eigenvalue weighted by atomic mass is 10.2. The standard InChI is InChI=1S/C9H14ClN3O2/c1-2-3-6(14)4-11-7-5-12-13-9(15)8(7)10/h5-6,14H,2-4H2,1H3,(H2,11,13,15). The van der Waals surface area contributed by atoms with Gasteiger partial charge >= 0.3 is 0 Å². The summed E-state index contributed by atoms with van der Waals surface area (Å²) in [7, 11) is 0. The molecule has 0 saturated heterocycles. The van der Waals surface area contributed by atoms with Crippen molar-refractivity contribution in [1.82, 2.24) is 10.2 Å². The maximum atomic E-state index is 11.1. The molecule has 0 radical (unpaired) electrons. The number of hydrogen-bond acceptors (Lipinski definition) is 4. The molecule has 1 unspecified atom stereocenters. The van der Waals surface area contributed by atoms with Crippen LogP contribution in [0, 0.1) is 0 Å². The number of H-pyrrole nitrogens is 1. The summed E-state index contributed by atoms with van der Waals surface area (Å²) < 4.78 is 0. The van der Waals surface area contributed by atoms with E-state index in [1.807, 2.05) is 6.92 Å². The number of aromatic amines is 1. The molecule has 1 aromatic rings. The zero-order valence-corrected chi connectivity index (χ0v) is 9.21. The molecular formula is C9H14ClN3O2. The highest BCUT2D eigenvalue weighted by Gasteiger charge is 2.07. The van der Waals surface area contributed by atoms with Crippen molar-refractivity contribution in [2.24, 2.45) is 0 Å². The van der Waals surface area contributed by atoms with Crippen LogP contribution < -0.4 is 10.9 Å². The monoisotopic (exact) mass is 231 g/mol. The van der Waals surface area contributed by atoms with Gasteiger partial charge in [0.05, 0.1) is 18.0 Å². The van der Waals surface area contributed by atoms with Gasteiger partial charge in [0.2, 0.25) is 0 Å². The van der Waals surface area contributed by atoms with Crippen LogP contribution >= 0.6 is 11.6 Å². The van der Waals surface area contributed by atoms with Crippen LogP contribution in [0.4, 0.5) is 5.69 Å². The fraction of sp³-hybridized carbons (Fsp3) is 0.556. The molecule has 15 heavy (non-hydrogen) atoms. The van der Waals surface area contributed by atoms with Gasteiger partial charge in [-0.25, -0.2) is 5.10 Å². The summed E-state index contributed by atoms with van der Waals surface area (Å²) in [4.78, 5) is 11.1. The van der Waals surface area contributed by atoms with E-state index < -0.39 is 11.7 Å². The zero-order valence-electron chi connectivity index (χ0n) is 8.46. The zero-order chi connectivity index (χ0) is 11.3. The molecule has 1 aromatic heterocycles. The molecule has 0 fully saturated rings. The van der Waals surface area contributed by atoms with Crippen LogP contribution in [0.15, 0.2) is 11.0 Å². The second-order valence-corrected chi connectivity index (χ2v) is 3.63. The van der Waals surface area contributed by atoms with Gasteiger partial charge < -0.3 is 10.4 Å². The highest BCUT2D eigenvalue weighted by molar-refractivity contribution is 6.32. The van der Waals surface area contributed by atoms with Crippen molar-refractivity contribution in [3.63, 3.8) is 0 Å². The van der Waals surface area contributed by atoms with Crippen molar-refractivity contribution in [3.8, 4) is 0 Å². The van der Waals surface area contributed by atoms with E-state index in [2.05, 4.69) is 15.5 Å². The highest BCUT2D eigenvalue weighted by Crippen LogP contribution is 2.14. The maximum Gasteiger partial charge on any atom is 0.285 e. The lowest BCUT2D eigenvalue weighted by molar-refractivity contribution is 0.176. The second-order valence-electron chi connectivity index (χ2n) is 3.25. The second kappa shape index (κ2) is 5.72.